The molecule has 1 fully saturated rings. The maximum absolute atomic E-state index is 14.7. The third-order valence-electron chi connectivity index (χ3n) is 5.87. The number of nitrogens with one attached hydrogen (secondary N) is 1. The summed E-state index contributed by atoms with van der Waals surface area (Å²) in [7, 11) is 1.51. The second-order valence-corrected chi connectivity index (χ2v) is 8.03. The molecule has 31 heavy (non-hydrogen) atoms. The molecule has 2 unspecified atom stereocenters. The maximum atomic E-state index is 14.7. The van der Waals surface area contributed by atoms with Gasteiger partial charge in [0.1, 0.15) is 12.0 Å². The Kier molecular flexibility index (Phi) is 5.56. The highest BCUT2D eigenvalue weighted by Crippen LogP contribution is 2.50. The molecule has 8 heteroatoms. The van der Waals surface area contributed by atoms with Crippen LogP contribution in [0, 0.1) is 30.1 Å². The molecule has 162 valence electrons. The van der Waals surface area contributed by atoms with Gasteiger partial charge in [0.2, 0.25) is 11.8 Å². The van der Waals surface area contributed by atoms with Crippen molar-refractivity contribution in [3.8, 4) is 17.7 Å². The minimum Gasteiger partial charge on any atom is -0.496 e. The van der Waals surface area contributed by atoms with E-state index < -0.39 is 18.1 Å². The number of halogens is 1. The molecule has 2 atom stereocenters. The fraction of sp³-hybridized carbons (Fsp3) is 0.391. The molecule has 0 spiro atoms. The Morgan fingerprint density at radius 3 is 2.74 bits per heavy atom. The number of methoxy groups -OCH3 is 1. The highest BCUT2D eigenvalue weighted by atomic mass is 19.1. The van der Waals surface area contributed by atoms with E-state index in [1.165, 1.54) is 7.11 Å². The standard InChI is InChI=1S/C23H25FN4O3/c1-11-20-19(23(28-21(11)24)31-10-13-4-5-13)18(17(22(26)29)12(2)27-20)15-7-6-14(9-25)8-16(15)30-3/h6-8,13,18,22,27,29H,4-5,10,26H2,1-3H3. The van der Waals surface area contributed by atoms with E-state index in [0.717, 1.165) is 12.8 Å². The lowest BCUT2D eigenvalue weighted by atomic mass is 9.79. The minimum absolute atomic E-state index is 0.166. The molecule has 2 heterocycles. The summed E-state index contributed by atoms with van der Waals surface area (Å²) in [6.45, 7) is 3.87. The Morgan fingerprint density at radius 2 is 2.13 bits per heavy atom. The summed E-state index contributed by atoms with van der Waals surface area (Å²) < 4.78 is 26.2. The zero-order valence-corrected chi connectivity index (χ0v) is 17.7. The summed E-state index contributed by atoms with van der Waals surface area (Å²) in [5, 5.41) is 22.9. The second-order valence-electron chi connectivity index (χ2n) is 8.03. The summed E-state index contributed by atoms with van der Waals surface area (Å²) in [4.78, 5) is 4.10. The largest absolute Gasteiger partial charge is 0.496 e. The highest BCUT2D eigenvalue weighted by Gasteiger charge is 2.38. The lowest BCUT2D eigenvalue weighted by molar-refractivity contribution is 0.210. The maximum Gasteiger partial charge on any atom is 0.222 e. The van der Waals surface area contributed by atoms with Crippen LogP contribution in [-0.4, -0.2) is 30.0 Å². The first kappa shape index (κ1) is 21.1. The molecule has 0 saturated heterocycles. The topological polar surface area (TPSA) is 113 Å². The number of hydrogen-bond acceptors (Lipinski definition) is 7. The number of rotatable bonds is 6. The van der Waals surface area contributed by atoms with Crippen molar-refractivity contribution in [1.29, 1.82) is 5.26 Å². The van der Waals surface area contributed by atoms with Crippen LogP contribution in [0.5, 0.6) is 11.6 Å². The normalized spacial score (nSPS) is 18.7. The molecule has 4 rings (SSSR count). The van der Waals surface area contributed by atoms with E-state index in [1.54, 1.807) is 32.0 Å². The fourth-order valence-electron chi connectivity index (χ4n) is 4.03. The molecular formula is C23H25FN4O3. The highest BCUT2D eigenvalue weighted by molar-refractivity contribution is 5.72. The Balaban J connectivity index is 1.97. The molecule has 4 N–H and O–H groups in total. The Bertz CT molecular complexity index is 1100. The molecule has 7 nitrogen and oxygen atoms in total. The zero-order chi connectivity index (χ0) is 22.3. The number of aliphatic hydroxyl groups excluding tert-OH is 1. The number of nitriles is 1. The third-order valence-corrected chi connectivity index (χ3v) is 5.87. The average molecular weight is 424 g/mol. The summed E-state index contributed by atoms with van der Waals surface area (Å²) in [6, 6.07) is 7.15. The number of aliphatic hydroxyl groups is 1. The van der Waals surface area contributed by atoms with Crippen LogP contribution in [0.4, 0.5) is 10.1 Å². The number of benzene rings is 1. The van der Waals surface area contributed by atoms with Gasteiger partial charge >= 0.3 is 0 Å². The molecule has 2 aromatic rings. The van der Waals surface area contributed by atoms with Gasteiger partial charge in [0.05, 0.1) is 36.6 Å². The summed E-state index contributed by atoms with van der Waals surface area (Å²) in [5.41, 5.74) is 9.66. The number of nitrogens with zero attached hydrogens (tertiary/aromatic N) is 2. The van der Waals surface area contributed by atoms with Gasteiger partial charge in [-0.2, -0.15) is 14.6 Å². The van der Waals surface area contributed by atoms with Crippen molar-refractivity contribution in [2.24, 2.45) is 11.7 Å². The Hall–Kier alpha value is -3.15. The van der Waals surface area contributed by atoms with Crippen molar-refractivity contribution in [3.05, 3.63) is 57.7 Å². The smallest absolute Gasteiger partial charge is 0.222 e. The van der Waals surface area contributed by atoms with Crippen LogP contribution in [0.15, 0.2) is 29.5 Å². The second kappa shape index (κ2) is 8.17. The van der Waals surface area contributed by atoms with E-state index >= 15 is 0 Å². The van der Waals surface area contributed by atoms with Crippen molar-refractivity contribution in [2.45, 2.75) is 38.8 Å². The van der Waals surface area contributed by atoms with Crippen molar-refractivity contribution < 1.29 is 19.0 Å². The quantitative estimate of drug-likeness (QED) is 0.482. The molecular weight excluding hydrogens is 399 g/mol. The van der Waals surface area contributed by atoms with Crippen LogP contribution < -0.4 is 20.5 Å². The molecule has 0 radical (unpaired) electrons. The van der Waals surface area contributed by atoms with Gasteiger partial charge in [-0.3, -0.25) is 0 Å². The SMILES string of the molecule is COc1cc(C#N)ccc1C1C(C(N)O)=C(C)Nc2c(C)c(F)nc(OCC3CC3)c21. The number of pyridine rings is 1. The number of aromatic nitrogens is 1. The van der Waals surface area contributed by atoms with Crippen molar-refractivity contribution >= 4 is 5.69 Å². The number of ether oxygens (including phenoxy) is 2. The van der Waals surface area contributed by atoms with E-state index in [2.05, 4.69) is 16.4 Å². The first-order valence-corrected chi connectivity index (χ1v) is 10.2. The van der Waals surface area contributed by atoms with E-state index in [4.69, 9.17) is 15.2 Å². The number of hydrogen-bond donors (Lipinski definition) is 3. The Morgan fingerprint density at radius 1 is 1.39 bits per heavy atom. The van der Waals surface area contributed by atoms with Gasteiger partial charge in [0, 0.05) is 28.3 Å². The van der Waals surface area contributed by atoms with E-state index in [9.17, 15) is 14.8 Å². The monoisotopic (exact) mass is 424 g/mol. The van der Waals surface area contributed by atoms with E-state index in [-0.39, 0.29) is 5.88 Å². The van der Waals surface area contributed by atoms with Gasteiger partial charge in [-0.1, -0.05) is 6.07 Å². The predicted octanol–water partition coefficient (Wildman–Crippen LogP) is 3.31. The predicted molar refractivity (Wildman–Crippen MR) is 113 cm³/mol. The van der Waals surface area contributed by atoms with Crippen LogP contribution >= 0.6 is 0 Å². The van der Waals surface area contributed by atoms with Crippen LogP contribution in [0.2, 0.25) is 0 Å². The number of anilines is 1. The molecule has 0 amide bonds. The number of nitrogens with two attached hydrogens (primary N) is 1. The zero-order valence-electron chi connectivity index (χ0n) is 17.7. The molecule has 1 aromatic heterocycles. The van der Waals surface area contributed by atoms with Crippen molar-refractivity contribution in [2.75, 3.05) is 19.0 Å². The number of allylic oxidation sites excluding steroid dienone is 1. The third kappa shape index (κ3) is 3.82. The van der Waals surface area contributed by atoms with Crippen molar-refractivity contribution in [3.63, 3.8) is 0 Å². The first-order valence-electron chi connectivity index (χ1n) is 10.2. The summed E-state index contributed by atoms with van der Waals surface area (Å²) in [5.74, 6) is -0.150. The average Bonchev–Trinajstić information content (AvgIpc) is 3.58. The minimum atomic E-state index is -1.28. The van der Waals surface area contributed by atoms with Crippen LogP contribution in [0.3, 0.4) is 0 Å². The van der Waals surface area contributed by atoms with E-state index in [0.29, 0.717) is 57.5 Å². The summed E-state index contributed by atoms with van der Waals surface area (Å²) in [6.07, 6.45) is 0.869. The van der Waals surface area contributed by atoms with Gasteiger partial charge in [-0.05, 0) is 44.7 Å². The molecule has 2 aliphatic rings. The summed E-state index contributed by atoms with van der Waals surface area (Å²) >= 11 is 0. The van der Waals surface area contributed by atoms with Gasteiger partial charge in [0.25, 0.3) is 0 Å². The molecule has 1 aliphatic heterocycles. The lowest BCUT2D eigenvalue weighted by Crippen LogP contribution is -2.32. The van der Waals surface area contributed by atoms with Gasteiger partial charge in [-0.15, -0.1) is 0 Å². The lowest BCUT2D eigenvalue weighted by Gasteiger charge is -2.34. The van der Waals surface area contributed by atoms with E-state index in [1.807, 2.05) is 0 Å². The molecule has 1 saturated carbocycles. The molecule has 1 aromatic carbocycles. The number of fused-ring (bicyclic) bond motifs is 1. The molecule has 0 bridgehead atoms. The van der Waals surface area contributed by atoms with Gasteiger partial charge in [-0.25, -0.2) is 0 Å². The van der Waals surface area contributed by atoms with Crippen molar-refractivity contribution in [1.82, 2.24) is 4.98 Å². The van der Waals surface area contributed by atoms with Crippen LogP contribution in [0.1, 0.15) is 47.9 Å². The van der Waals surface area contributed by atoms with Crippen LogP contribution in [0.25, 0.3) is 0 Å². The van der Waals surface area contributed by atoms with Crippen LogP contribution in [-0.2, 0) is 0 Å². The fourth-order valence-corrected chi connectivity index (χ4v) is 4.03. The first-order chi connectivity index (χ1) is 14.8. The Labute approximate surface area is 180 Å². The molecule has 1 aliphatic carbocycles. The van der Waals surface area contributed by atoms with Gasteiger partial charge in [0.15, 0.2) is 0 Å². The van der Waals surface area contributed by atoms with Gasteiger partial charge < -0.3 is 25.6 Å².